The van der Waals surface area contributed by atoms with E-state index in [0.29, 0.717) is 41.1 Å². The maximum absolute atomic E-state index is 13.6. The highest BCUT2D eigenvalue weighted by molar-refractivity contribution is 7.89. The molecule has 0 atom stereocenters. The zero-order chi connectivity index (χ0) is 24.7. The predicted molar refractivity (Wildman–Crippen MR) is 130 cm³/mol. The summed E-state index contributed by atoms with van der Waals surface area (Å²) >= 11 is 6.40. The van der Waals surface area contributed by atoms with Crippen LogP contribution in [0.25, 0.3) is 16.9 Å². The summed E-state index contributed by atoms with van der Waals surface area (Å²) in [6.45, 7) is 2.35. The van der Waals surface area contributed by atoms with Gasteiger partial charge in [0.15, 0.2) is 5.65 Å². The topological polar surface area (TPSA) is 79.6 Å². The molecule has 3 heterocycles. The number of hydrogen-bond acceptors (Lipinski definition) is 5. The van der Waals surface area contributed by atoms with E-state index >= 15 is 0 Å². The van der Waals surface area contributed by atoms with Crippen LogP contribution in [-0.4, -0.2) is 46.5 Å². The standard InChI is InChI=1S/C24H22ClF2N5O2S/c1-15-14-28-32-23(13-22(30-24(15)32)20-4-2-3-5-21(20)25)29-18-6-8-31(9-7-18)35(33,34)19-11-16(26)10-17(27)12-19/h2-5,10-14,18,29H,6-9H2,1H3. The maximum atomic E-state index is 13.6. The number of nitrogens with one attached hydrogen (secondary N) is 1. The Labute approximate surface area is 206 Å². The first-order valence-electron chi connectivity index (χ1n) is 11.1. The number of aryl methyl sites for hydroxylation is 1. The maximum Gasteiger partial charge on any atom is 0.243 e. The van der Waals surface area contributed by atoms with Gasteiger partial charge >= 0.3 is 0 Å². The molecule has 1 fully saturated rings. The van der Waals surface area contributed by atoms with Crippen molar-refractivity contribution in [3.63, 3.8) is 0 Å². The summed E-state index contributed by atoms with van der Waals surface area (Å²) in [6, 6.07) is 11.6. The minimum absolute atomic E-state index is 0.0418. The third-order valence-electron chi connectivity index (χ3n) is 6.08. The molecule has 35 heavy (non-hydrogen) atoms. The first kappa shape index (κ1) is 23.7. The summed E-state index contributed by atoms with van der Waals surface area (Å²) in [4.78, 5) is 4.36. The lowest BCUT2D eigenvalue weighted by Crippen LogP contribution is -2.42. The Bertz CT molecular complexity index is 1500. The third-order valence-corrected chi connectivity index (χ3v) is 8.28. The van der Waals surface area contributed by atoms with Crippen LogP contribution in [0, 0.1) is 18.6 Å². The van der Waals surface area contributed by atoms with Crippen LogP contribution in [0.1, 0.15) is 18.4 Å². The molecule has 0 spiro atoms. The fourth-order valence-electron chi connectivity index (χ4n) is 4.26. The monoisotopic (exact) mass is 517 g/mol. The van der Waals surface area contributed by atoms with E-state index in [2.05, 4.69) is 10.4 Å². The van der Waals surface area contributed by atoms with Crippen molar-refractivity contribution in [1.82, 2.24) is 18.9 Å². The highest BCUT2D eigenvalue weighted by Gasteiger charge is 2.30. The molecule has 0 saturated carbocycles. The van der Waals surface area contributed by atoms with Crippen molar-refractivity contribution in [3.8, 4) is 11.3 Å². The average molecular weight is 518 g/mol. The lowest BCUT2D eigenvalue weighted by atomic mass is 10.1. The van der Waals surface area contributed by atoms with E-state index in [1.165, 1.54) is 4.31 Å². The molecule has 4 aromatic rings. The number of benzene rings is 2. The van der Waals surface area contributed by atoms with Crippen molar-refractivity contribution in [1.29, 1.82) is 0 Å². The molecular formula is C24H22ClF2N5O2S. The summed E-state index contributed by atoms with van der Waals surface area (Å²) in [5, 5.41) is 8.49. The third kappa shape index (κ3) is 4.61. The summed E-state index contributed by atoms with van der Waals surface area (Å²) in [7, 11) is -4.00. The Morgan fingerprint density at radius 3 is 2.43 bits per heavy atom. The molecule has 5 rings (SSSR count). The van der Waals surface area contributed by atoms with Gasteiger partial charge in [-0.15, -0.1) is 0 Å². The number of nitrogens with zero attached hydrogens (tertiary/aromatic N) is 4. The number of aromatic nitrogens is 3. The zero-order valence-electron chi connectivity index (χ0n) is 18.7. The molecule has 11 heteroatoms. The lowest BCUT2D eigenvalue weighted by molar-refractivity contribution is 0.329. The van der Waals surface area contributed by atoms with E-state index in [0.717, 1.165) is 23.3 Å². The van der Waals surface area contributed by atoms with Crippen LogP contribution in [0.15, 0.2) is 59.6 Å². The van der Waals surface area contributed by atoms with Gasteiger partial charge in [0.05, 0.1) is 16.8 Å². The number of piperidine rings is 1. The van der Waals surface area contributed by atoms with E-state index in [-0.39, 0.29) is 24.0 Å². The molecule has 0 aliphatic carbocycles. The summed E-state index contributed by atoms with van der Waals surface area (Å²) in [6.07, 6.45) is 2.74. The largest absolute Gasteiger partial charge is 0.367 e. The Morgan fingerprint density at radius 1 is 1.06 bits per heavy atom. The van der Waals surface area contributed by atoms with Gasteiger partial charge in [0.1, 0.15) is 17.5 Å². The minimum Gasteiger partial charge on any atom is -0.367 e. The van der Waals surface area contributed by atoms with Crippen LogP contribution in [0.2, 0.25) is 5.02 Å². The van der Waals surface area contributed by atoms with Crippen molar-refractivity contribution in [2.45, 2.75) is 30.7 Å². The molecule has 182 valence electrons. The molecule has 0 bridgehead atoms. The number of hydrogen-bond donors (Lipinski definition) is 1. The van der Waals surface area contributed by atoms with Gasteiger partial charge in [-0.3, -0.25) is 0 Å². The van der Waals surface area contributed by atoms with Crippen molar-refractivity contribution < 1.29 is 17.2 Å². The quantitative estimate of drug-likeness (QED) is 0.407. The number of halogens is 3. The second-order valence-electron chi connectivity index (χ2n) is 8.50. The van der Waals surface area contributed by atoms with Gasteiger partial charge in [-0.1, -0.05) is 29.8 Å². The van der Waals surface area contributed by atoms with E-state index in [1.54, 1.807) is 16.8 Å². The minimum atomic E-state index is -4.00. The Kier molecular flexibility index (Phi) is 6.20. The fraction of sp³-hybridized carbons (Fsp3) is 0.250. The Hall–Kier alpha value is -3.08. The summed E-state index contributed by atoms with van der Waals surface area (Å²) < 4.78 is 56.0. The van der Waals surface area contributed by atoms with E-state index in [1.807, 2.05) is 31.2 Å². The van der Waals surface area contributed by atoms with Crippen LogP contribution in [0.3, 0.4) is 0 Å². The van der Waals surface area contributed by atoms with Gasteiger partial charge in [0.25, 0.3) is 0 Å². The molecule has 0 radical (unpaired) electrons. The van der Waals surface area contributed by atoms with Gasteiger partial charge in [0, 0.05) is 47.4 Å². The summed E-state index contributed by atoms with van der Waals surface area (Å²) in [5.74, 6) is -1.14. The van der Waals surface area contributed by atoms with Crippen LogP contribution < -0.4 is 5.32 Å². The van der Waals surface area contributed by atoms with Crippen LogP contribution >= 0.6 is 11.6 Å². The molecule has 0 unspecified atom stereocenters. The van der Waals surface area contributed by atoms with Gasteiger partial charge in [0.2, 0.25) is 10.0 Å². The molecule has 2 aromatic carbocycles. The van der Waals surface area contributed by atoms with Gasteiger partial charge in [-0.2, -0.15) is 13.9 Å². The van der Waals surface area contributed by atoms with E-state index in [9.17, 15) is 17.2 Å². The highest BCUT2D eigenvalue weighted by atomic mass is 35.5. The van der Waals surface area contributed by atoms with E-state index < -0.39 is 21.7 Å². The molecule has 1 aliphatic rings. The number of fused-ring (bicyclic) bond motifs is 1. The predicted octanol–water partition coefficient (Wildman–Crippen LogP) is 4.90. The smallest absolute Gasteiger partial charge is 0.243 e. The van der Waals surface area contributed by atoms with Crippen LogP contribution in [-0.2, 0) is 10.0 Å². The van der Waals surface area contributed by atoms with Crippen molar-refractivity contribution in [3.05, 3.63) is 76.9 Å². The Morgan fingerprint density at radius 2 is 1.74 bits per heavy atom. The fourth-order valence-corrected chi connectivity index (χ4v) is 6.00. The second kappa shape index (κ2) is 9.18. The average Bonchev–Trinajstić information content (AvgIpc) is 3.20. The zero-order valence-corrected chi connectivity index (χ0v) is 20.3. The van der Waals surface area contributed by atoms with Crippen LogP contribution in [0.4, 0.5) is 14.6 Å². The van der Waals surface area contributed by atoms with Crippen molar-refractivity contribution in [2.75, 3.05) is 18.4 Å². The first-order valence-corrected chi connectivity index (χ1v) is 12.9. The molecule has 0 amide bonds. The van der Waals surface area contributed by atoms with Crippen molar-refractivity contribution >= 4 is 33.1 Å². The van der Waals surface area contributed by atoms with Gasteiger partial charge in [-0.25, -0.2) is 22.2 Å². The molecule has 1 aliphatic heterocycles. The molecular weight excluding hydrogens is 496 g/mol. The highest BCUT2D eigenvalue weighted by Crippen LogP contribution is 2.30. The lowest BCUT2D eigenvalue weighted by Gasteiger charge is -2.32. The number of anilines is 1. The second-order valence-corrected chi connectivity index (χ2v) is 10.8. The van der Waals surface area contributed by atoms with Gasteiger partial charge < -0.3 is 5.32 Å². The first-order chi connectivity index (χ1) is 16.7. The molecule has 1 N–H and O–H groups in total. The van der Waals surface area contributed by atoms with Crippen molar-refractivity contribution in [2.24, 2.45) is 0 Å². The SMILES string of the molecule is Cc1cnn2c(NC3CCN(S(=O)(=O)c4cc(F)cc(F)c4)CC3)cc(-c3ccccc3Cl)nc12. The Balaban J connectivity index is 1.38. The summed E-state index contributed by atoms with van der Waals surface area (Å²) in [5.41, 5.74) is 3.09. The van der Waals surface area contributed by atoms with E-state index in [4.69, 9.17) is 16.6 Å². The number of sulfonamides is 1. The molecule has 1 saturated heterocycles. The number of rotatable bonds is 5. The molecule has 2 aromatic heterocycles. The van der Waals surface area contributed by atoms with Crippen LogP contribution in [0.5, 0.6) is 0 Å². The van der Waals surface area contributed by atoms with Gasteiger partial charge in [-0.05, 0) is 38.0 Å². The normalized spacial score (nSPS) is 15.5. The molecule has 7 nitrogen and oxygen atoms in total.